The van der Waals surface area contributed by atoms with Gasteiger partial charge in [0.05, 0.1) is 0 Å². The van der Waals surface area contributed by atoms with Crippen LogP contribution < -0.4 is 5.73 Å². The first kappa shape index (κ1) is 15.9. The predicted molar refractivity (Wildman–Crippen MR) is 74.8 cm³/mol. The maximum atomic E-state index is 13.8. The molecule has 0 saturated heterocycles. The molecule has 0 aromatic heterocycles. The van der Waals surface area contributed by atoms with Crippen LogP contribution in [-0.2, 0) is 10.0 Å². The standard InChI is InChI=1S/C13H21FN2O2S/c1-9(2)5-6-16(4)19(17,18)13-8-12(15)10(3)7-11(13)14/h7-9H,5-6,15H2,1-4H3. The van der Waals surface area contributed by atoms with Crippen molar-refractivity contribution in [1.29, 1.82) is 0 Å². The number of aryl methyl sites for hydroxylation is 1. The normalized spacial score (nSPS) is 12.4. The molecule has 0 atom stereocenters. The van der Waals surface area contributed by atoms with Crippen LogP contribution in [0.3, 0.4) is 0 Å². The number of hydrogen-bond acceptors (Lipinski definition) is 3. The zero-order chi connectivity index (χ0) is 14.8. The molecule has 0 aliphatic carbocycles. The molecule has 0 bridgehead atoms. The van der Waals surface area contributed by atoms with E-state index in [1.807, 2.05) is 13.8 Å². The van der Waals surface area contributed by atoms with E-state index in [1.54, 1.807) is 6.92 Å². The lowest BCUT2D eigenvalue weighted by Gasteiger charge is -2.19. The van der Waals surface area contributed by atoms with Crippen LogP contribution in [0.1, 0.15) is 25.8 Å². The van der Waals surface area contributed by atoms with Crippen LogP contribution in [0.4, 0.5) is 10.1 Å². The van der Waals surface area contributed by atoms with Crippen LogP contribution in [-0.4, -0.2) is 26.3 Å². The Morgan fingerprint density at radius 3 is 2.47 bits per heavy atom. The predicted octanol–water partition coefficient (Wildman–Crippen LogP) is 2.38. The van der Waals surface area contributed by atoms with Gasteiger partial charge in [0.1, 0.15) is 10.7 Å². The Bertz CT molecular complexity index is 556. The van der Waals surface area contributed by atoms with E-state index >= 15 is 0 Å². The first-order valence-corrected chi connectivity index (χ1v) is 7.62. The summed E-state index contributed by atoms with van der Waals surface area (Å²) in [7, 11) is -2.37. The molecular weight excluding hydrogens is 267 g/mol. The lowest BCUT2D eigenvalue weighted by Crippen LogP contribution is -2.29. The largest absolute Gasteiger partial charge is 0.398 e. The molecule has 0 fully saturated rings. The molecule has 2 N–H and O–H groups in total. The Morgan fingerprint density at radius 1 is 1.37 bits per heavy atom. The van der Waals surface area contributed by atoms with E-state index in [1.165, 1.54) is 17.4 Å². The van der Waals surface area contributed by atoms with E-state index in [9.17, 15) is 12.8 Å². The van der Waals surface area contributed by atoms with Crippen molar-refractivity contribution in [1.82, 2.24) is 4.31 Å². The van der Waals surface area contributed by atoms with Gasteiger partial charge >= 0.3 is 0 Å². The summed E-state index contributed by atoms with van der Waals surface area (Å²) in [6.07, 6.45) is 0.721. The lowest BCUT2D eigenvalue weighted by atomic mass is 10.1. The Morgan fingerprint density at radius 2 is 1.95 bits per heavy atom. The monoisotopic (exact) mass is 288 g/mol. The average Bonchev–Trinajstić information content (AvgIpc) is 2.30. The van der Waals surface area contributed by atoms with Crippen LogP contribution >= 0.6 is 0 Å². The number of nitrogens with zero attached hydrogens (tertiary/aromatic N) is 1. The molecule has 0 unspecified atom stereocenters. The van der Waals surface area contributed by atoms with Crippen molar-refractivity contribution in [2.75, 3.05) is 19.3 Å². The van der Waals surface area contributed by atoms with Crippen LogP contribution in [0.15, 0.2) is 17.0 Å². The zero-order valence-corrected chi connectivity index (χ0v) is 12.6. The van der Waals surface area contributed by atoms with Gasteiger partial charge in [-0.25, -0.2) is 17.1 Å². The van der Waals surface area contributed by atoms with Crippen molar-refractivity contribution in [3.05, 3.63) is 23.5 Å². The molecule has 0 saturated carbocycles. The van der Waals surface area contributed by atoms with Crippen molar-refractivity contribution >= 4 is 15.7 Å². The molecule has 0 heterocycles. The Balaban J connectivity index is 3.10. The minimum absolute atomic E-state index is 0.275. The number of nitrogen functional groups attached to an aromatic ring is 1. The molecule has 0 radical (unpaired) electrons. The molecule has 6 heteroatoms. The summed E-state index contributed by atoms with van der Waals surface area (Å²) < 4.78 is 39.5. The van der Waals surface area contributed by atoms with Gasteiger partial charge in [-0.2, -0.15) is 0 Å². The van der Waals surface area contributed by atoms with E-state index in [4.69, 9.17) is 5.73 Å². The minimum Gasteiger partial charge on any atom is -0.398 e. The van der Waals surface area contributed by atoms with Crippen molar-refractivity contribution in [2.45, 2.75) is 32.1 Å². The molecule has 1 rings (SSSR count). The second-order valence-corrected chi connectivity index (χ2v) is 7.16. The topological polar surface area (TPSA) is 63.4 Å². The SMILES string of the molecule is Cc1cc(F)c(S(=O)(=O)N(C)CCC(C)C)cc1N. The van der Waals surface area contributed by atoms with Gasteiger partial charge in [0.25, 0.3) is 0 Å². The molecule has 0 amide bonds. The van der Waals surface area contributed by atoms with E-state index in [2.05, 4.69) is 0 Å². The van der Waals surface area contributed by atoms with Crippen molar-refractivity contribution in [3.8, 4) is 0 Å². The van der Waals surface area contributed by atoms with Gasteiger partial charge in [0, 0.05) is 19.3 Å². The number of nitrogens with two attached hydrogens (primary N) is 1. The highest BCUT2D eigenvalue weighted by Gasteiger charge is 2.25. The van der Waals surface area contributed by atoms with Crippen molar-refractivity contribution < 1.29 is 12.8 Å². The number of hydrogen-bond donors (Lipinski definition) is 1. The molecule has 0 aliphatic heterocycles. The first-order valence-electron chi connectivity index (χ1n) is 6.18. The highest BCUT2D eigenvalue weighted by atomic mass is 32.2. The maximum Gasteiger partial charge on any atom is 0.245 e. The van der Waals surface area contributed by atoms with Gasteiger partial charge in [0.15, 0.2) is 0 Å². The highest BCUT2D eigenvalue weighted by Crippen LogP contribution is 2.24. The highest BCUT2D eigenvalue weighted by molar-refractivity contribution is 7.89. The van der Waals surface area contributed by atoms with Gasteiger partial charge < -0.3 is 5.73 Å². The fourth-order valence-corrected chi connectivity index (χ4v) is 2.86. The molecule has 0 spiro atoms. The maximum absolute atomic E-state index is 13.8. The molecule has 1 aromatic rings. The summed E-state index contributed by atoms with van der Waals surface area (Å²) in [6.45, 7) is 6.00. The summed E-state index contributed by atoms with van der Waals surface area (Å²) in [5.74, 6) is -0.381. The molecule has 19 heavy (non-hydrogen) atoms. The minimum atomic E-state index is -3.83. The van der Waals surface area contributed by atoms with Crippen LogP contribution in [0.25, 0.3) is 0 Å². The number of anilines is 1. The summed E-state index contributed by atoms with van der Waals surface area (Å²) in [6, 6.07) is 2.34. The Kier molecular flexibility index (Phi) is 4.92. The van der Waals surface area contributed by atoms with E-state index in [-0.39, 0.29) is 10.6 Å². The third-order valence-corrected chi connectivity index (χ3v) is 4.90. The van der Waals surface area contributed by atoms with E-state index < -0.39 is 15.8 Å². The third kappa shape index (κ3) is 3.67. The smallest absolute Gasteiger partial charge is 0.245 e. The van der Waals surface area contributed by atoms with Gasteiger partial charge in [-0.15, -0.1) is 0 Å². The van der Waals surface area contributed by atoms with Gasteiger partial charge in [-0.05, 0) is 37.0 Å². The zero-order valence-electron chi connectivity index (χ0n) is 11.8. The summed E-state index contributed by atoms with van der Waals surface area (Å²) in [5, 5.41) is 0. The van der Waals surface area contributed by atoms with Crippen molar-refractivity contribution in [2.24, 2.45) is 5.92 Å². The number of rotatable bonds is 5. The molecule has 0 aliphatic rings. The second-order valence-electron chi connectivity index (χ2n) is 5.15. The van der Waals surface area contributed by atoms with E-state index in [0.717, 1.165) is 12.5 Å². The van der Waals surface area contributed by atoms with Crippen LogP contribution in [0.5, 0.6) is 0 Å². The third-order valence-electron chi connectivity index (χ3n) is 3.03. The van der Waals surface area contributed by atoms with E-state index in [0.29, 0.717) is 18.0 Å². The number of benzene rings is 1. The lowest BCUT2D eigenvalue weighted by molar-refractivity contribution is 0.424. The summed E-state index contributed by atoms with van der Waals surface area (Å²) >= 11 is 0. The van der Waals surface area contributed by atoms with Crippen LogP contribution in [0.2, 0.25) is 0 Å². The quantitative estimate of drug-likeness (QED) is 0.846. The first-order chi connectivity index (χ1) is 8.66. The number of halogens is 1. The van der Waals surface area contributed by atoms with Gasteiger partial charge in [-0.1, -0.05) is 13.8 Å². The number of sulfonamides is 1. The van der Waals surface area contributed by atoms with Crippen LogP contribution in [0, 0.1) is 18.7 Å². The van der Waals surface area contributed by atoms with Gasteiger partial charge in [0.2, 0.25) is 10.0 Å². The van der Waals surface area contributed by atoms with Crippen molar-refractivity contribution in [3.63, 3.8) is 0 Å². The fraction of sp³-hybridized carbons (Fsp3) is 0.538. The molecule has 1 aromatic carbocycles. The summed E-state index contributed by atoms with van der Waals surface area (Å²) in [4.78, 5) is -0.359. The van der Waals surface area contributed by atoms with Gasteiger partial charge in [-0.3, -0.25) is 0 Å². The Hall–Kier alpha value is -1.14. The summed E-state index contributed by atoms with van der Waals surface area (Å²) in [5.41, 5.74) is 6.46. The molecule has 4 nitrogen and oxygen atoms in total. The average molecular weight is 288 g/mol. The fourth-order valence-electron chi connectivity index (χ4n) is 1.59. The molecule has 108 valence electrons. The molecular formula is C13H21FN2O2S. The second kappa shape index (κ2) is 5.88. The Labute approximate surface area is 114 Å².